The van der Waals surface area contributed by atoms with E-state index in [1.165, 1.54) is 0 Å². The first-order valence-corrected chi connectivity index (χ1v) is 11.2. The van der Waals surface area contributed by atoms with Gasteiger partial charge in [-0.2, -0.15) is 0 Å². The molecule has 5 atom stereocenters. The summed E-state index contributed by atoms with van der Waals surface area (Å²) in [5.41, 5.74) is 0.0340. The number of fused-ring (bicyclic) bond motifs is 2. The summed E-state index contributed by atoms with van der Waals surface area (Å²) in [6.45, 7) is 15.7. The van der Waals surface area contributed by atoms with Crippen LogP contribution in [-0.4, -0.2) is 24.1 Å². The minimum atomic E-state index is -0.402. The van der Waals surface area contributed by atoms with Gasteiger partial charge in [0.05, 0.1) is 5.92 Å². The van der Waals surface area contributed by atoms with Crippen LogP contribution in [0.15, 0.2) is 0 Å². The van der Waals surface area contributed by atoms with E-state index in [1.807, 2.05) is 6.92 Å². The molecule has 0 aliphatic heterocycles. The highest BCUT2D eigenvalue weighted by atomic mass is 16.6. The van der Waals surface area contributed by atoms with Crippen LogP contribution in [0.25, 0.3) is 0 Å². The third kappa shape index (κ3) is 4.26. The monoisotopic (exact) mass is 392 g/mol. The molecule has 0 saturated heterocycles. The van der Waals surface area contributed by atoms with Crippen molar-refractivity contribution < 1.29 is 19.1 Å². The van der Waals surface area contributed by atoms with Gasteiger partial charge in [-0.1, -0.05) is 41.5 Å². The molecular weight excluding hydrogens is 352 g/mol. The average Bonchev–Trinajstić information content (AvgIpc) is 3.24. The van der Waals surface area contributed by atoms with Crippen LogP contribution in [0, 0.1) is 40.4 Å². The molecular formula is C24H40O4. The number of ether oxygens (including phenoxy) is 2. The van der Waals surface area contributed by atoms with E-state index in [0.717, 1.165) is 38.5 Å². The van der Waals surface area contributed by atoms with Crippen LogP contribution < -0.4 is 0 Å². The van der Waals surface area contributed by atoms with Crippen LogP contribution in [0.4, 0.5) is 0 Å². The van der Waals surface area contributed by atoms with Gasteiger partial charge >= 0.3 is 11.9 Å². The molecule has 0 spiro atoms. The molecule has 0 amide bonds. The number of carbonyl (C=O) groups excluding carboxylic acids is 2. The van der Waals surface area contributed by atoms with Gasteiger partial charge in [0.2, 0.25) is 0 Å². The van der Waals surface area contributed by atoms with Gasteiger partial charge in [-0.25, -0.2) is 4.79 Å². The molecule has 4 heteroatoms. The molecule has 0 radical (unpaired) electrons. The third-order valence-electron chi connectivity index (χ3n) is 7.66. The van der Waals surface area contributed by atoms with E-state index in [0.29, 0.717) is 23.7 Å². The molecule has 0 N–H and O–H groups in total. The van der Waals surface area contributed by atoms with Gasteiger partial charge in [-0.3, -0.25) is 4.79 Å². The van der Waals surface area contributed by atoms with Crippen molar-refractivity contribution in [2.45, 2.75) is 92.6 Å². The molecule has 3 rings (SSSR count). The number of esters is 2. The van der Waals surface area contributed by atoms with Crippen molar-refractivity contribution >= 4 is 11.9 Å². The predicted octanol–water partition coefficient (Wildman–Crippen LogP) is 5.39. The first-order valence-electron chi connectivity index (χ1n) is 11.2. The third-order valence-corrected chi connectivity index (χ3v) is 7.66. The van der Waals surface area contributed by atoms with Gasteiger partial charge in [-0.05, 0) is 80.0 Å². The number of hydrogen-bond donors (Lipinski definition) is 0. The molecule has 3 aliphatic rings. The molecule has 28 heavy (non-hydrogen) atoms. The van der Waals surface area contributed by atoms with Crippen LogP contribution in [0.2, 0.25) is 0 Å². The molecule has 3 aliphatic carbocycles. The first kappa shape index (κ1) is 21.6. The minimum absolute atomic E-state index is 0.0670. The summed E-state index contributed by atoms with van der Waals surface area (Å²) in [6, 6.07) is 0. The highest BCUT2D eigenvalue weighted by molar-refractivity contribution is 5.78. The lowest BCUT2D eigenvalue weighted by molar-refractivity contribution is -0.172. The Kier molecular flexibility index (Phi) is 5.66. The van der Waals surface area contributed by atoms with E-state index >= 15 is 0 Å². The van der Waals surface area contributed by atoms with Crippen molar-refractivity contribution in [3.63, 3.8) is 0 Å². The Morgan fingerprint density at radius 1 is 0.929 bits per heavy atom. The van der Waals surface area contributed by atoms with Crippen molar-refractivity contribution in [2.24, 2.45) is 40.4 Å². The topological polar surface area (TPSA) is 52.6 Å². The quantitative estimate of drug-likeness (QED) is 0.602. The van der Waals surface area contributed by atoms with Gasteiger partial charge in [0, 0.05) is 0 Å². The van der Waals surface area contributed by atoms with Gasteiger partial charge in [0.25, 0.3) is 0 Å². The summed E-state index contributed by atoms with van der Waals surface area (Å²) in [5.74, 6) is 1.43. The molecule has 5 unspecified atom stereocenters. The normalized spacial score (nSPS) is 34.5. The zero-order valence-corrected chi connectivity index (χ0v) is 19.0. The van der Waals surface area contributed by atoms with Gasteiger partial charge < -0.3 is 9.47 Å². The number of rotatable bonds is 4. The van der Waals surface area contributed by atoms with Gasteiger partial charge in [-0.15, -0.1) is 0 Å². The Hall–Kier alpha value is -1.06. The lowest BCUT2D eigenvalue weighted by Crippen LogP contribution is -2.44. The lowest BCUT2D eigenvalue weighted by atomic mass is 9.57. The molecule has 4 nitrogen and oxygen atoms in total. The van der Waals surface area contributed by atoms with Crippen LogP contribution in [0.5, 0.6) is 0 Å². The van der Waals surface area contributed by atoms with Crippen LogP contribution >= 0.6 is 0 Å². The zero-order chi connectivity index (χ0) is 20.9. The second-order valence-corrected chi connectivity index (χ2v) is 12.0. The number of carbonyl (C=O) groups is 2. The second-order valence-electron chi connectivity index (χ2n) is 12.0. The fraction of sp³-hybridized carbons (Fsp3) is 0.917. The Balaban J connectivity index is 1.60. The zero-order valence-electron chi connectivity index (χ0n) is 19.0. The summed E-state index contributed by atoms with van der Waals surface area (Å²) in [6.07, 6.45) is 6.02. The van der Waals surface area contributed by atoms with Crippen LogP contribution in [0.3, 0.4) is 0 Å². The Morgan fingerprint density at radius 3 is 2.04 bits per heavy atom. The van der Waals surface area contributed by atoms with Gasteiger partial charge in [0.1, 0.15) is 5.60 Å². The van der Waals surface area contributed by atoms with Crippen LogP contribution in [-0.2, 0) is 19.1 Å². The molecule has 0 aromatic carbocycles. The largest absolute Gasteiger partial charge is 0.457 e. The smallest absolute Gasteiger partial charge is 0.344 e. The maximum absolute atomic E-state index is 12.9. The maximum Gasteiger partial charge on any atom is 0.344 e. The van der Waals surface area contributed by atoms with E-state index in [1.54, 1.807) is 0 Å². The summed E-state index contributed by atoms with van der Waals surface area (Å²) in [5, 5.41) is 0. The van der Waals surface area contributed by atoms with E-state index in [9.17, 15) is 9.59 Å². The summed E-state index contributed by atoms with van der Waals surface area (Å²) >= 11 is 0. The standard InChI is InChI=1S/C24H40O4/c1-22(2,3)19-15-12-16(20(19)23(4,5)6)17(13-15)21(26)27-14-18(25)28-24(7)10-8-9-11-24/h15-17,19-20H,8-14H2,1-7H3. The average molecular weight is 393 g/mol. The van der Waals surface area contributed by atoms with E-state index in [4.69, 9.17) is 9.47 Å². The van der Waals surface area contributed by atoms with E-state index < -0.39 is 5.97 Å². The SMILES string of the molecule is CC1(OC(=O)COC(=O)C2CC3CC2C(C(C)(C)C)C3C(C)(C)C)CCCC1. The Bertz CT molecular complexity index is 603. The van der Waals surface area contributed by atoms with Crippen molar-refractivity contribution in [1.29, 1.82) is 0 Å². The highest BCUT2D eigenvalue weighted by Crippen LogP contribution is 2.64. The van der Waals surface area contributed by atoms with Gasteiger partial charge in [0.15, 0.2) is 6.61 Å². The van der Waals surface area contributed by atoms with Crippen molar-refractivity contribution in [1.82, 2.24) is 0 Å². The molecule has 3 saturated carbocycles. The van der Waals surface area contributed by atoms with Crippen molar-refractivity contribution in [3.8, 4) is 0 Å². The second kappa shape index (κ2) is 7.32. The Labute approximate surface area is 171 Å². The number of hydrogen-bond acceptors (Lipinski definition) is 4. The predicted molar refractivity (Wildman–Crippen MR) is 110 cm³/mol. The first-order chi connectivity index (χ1) is 12.8. The van der Waals surface area contributed by atoms with Crippen LogP contribution in [0.1, 0.15) is 87.0 Å². The molecule has 3 fully saturated rings. The molecule has 0 aromatic heterocycles. The van der Waals surface area contributed by atoms with Crippen molar-refractivity contribution in [3.05, 3.63) is 0 Å². The summed E-state index contributed by atoms with van der Waals surface area (Å²) < 4.78 is 11.1. The van der Waals surface area contributed by atoms with E-state index in [2.05, 4.69) is 41.5 Å². The van der Waals surface area contributed by atoms with E-state index in [-0.39, 0.29) is 34.9 Å². The summed E-state index contributed by atoms with van der Waals surface area (Å²) in [4.78, 5) is 25.0. The maximum atomic E-state index is 12.9. The highest BCUT2D eigenvalue weighted by Gasteiger charge is 2.60. The molecule has 0 heterocycles. The minimum Gasteiger partial charge on any atom is -0.457 e. The lowest BCUT2D eigenvalue weighted by Gasteiger charge is -2.48. The van der Waals surface area contributed by atoms with Crippen molar-refractivity contribution in [2.75, 3.05) is 6.61 Å². The molecule has 160 valence electrons. The summed E-state index contributed by atoms with van der Waals surface area (Å²) in [7, 11) is 0. The molecule has 2 bridgehead atoms. The fourth-order valence-electron chi connectivity index (χ4n) is 6.82. The molecule has 0 aromatic rings. The Morgan fingerprint density at radius 2 is 1.50 bits per heavy atom. The fourth-order valence-corrected chi connectivity index (χ4v) is 6.82.